The molecule has 30 heavy (non-hydrogen) atoms. The van der Waals surface area contributed by atoms with E-state index in [1.54, 1.807) is 0 Å². The van der Waals surface area contributed by atoms with Crippen LogP contribution in [-0.2, 0) is 16.1 Å². The van der Waals surface area contributed by atoms with Crippen molar-refractivity contribution in [1.29, 1.82) is 0 Å². The third-order valence-electron chi connectivity index (χ3n) is 4.77. The van der Waals surface area contributed by atoms with Crippen LogP contribution in [-0.4, -0.2) is 12.0 Å². The molecule has 0 saturated carbocycles. The Balaban J connectivity index is 1.61. The summed E-state index contributed by atoms with van der Waals surface area (Å²) in [4.78, 5) is 25.0. The number of ether oxygens (including phenoxy) is 1. The molecule has 0 heterocycles. The Bertz CT molecular complexity index is 930. The van der Waals surface area contributed by atoms with E-state index in [0.29, 0.717) is 0 Å². The molecule has 2 amide bonds. The highest BCUT2D eigenvalue weighted by atomic mass is 16.5. The SMILES string of the molecule is C[C@H](NC(=O)CC(NC(=O)OCc1ccccc1)c1ccccc1)c1ccccc1. The molecule has 0 aliphatic rings. The van der Waals surface area contributed by atoms with Crippen molar-refractivity contribution in [1.82, 2.24) is 10.6 Å². The summed E-state index contributed by atoms with van der Waals surface area (Å²) in [6.45, 7) is 2.11. The Hall–Kier alpha value is -3.60. The van der Waals surface area contributed by atoms with Crippen LogP contribution < -0.4 is 10.6 Å². The molecule has 1 unspecified atom stereocenters. The zero-order chi connectivity index (χ0) is 21.2. The number of alkyl carbamates (subject to hydrolysis) is 1. The lowest BCUT2D eigenvalue weighted by Gasteiger charge is -2.21. The maximum absolute atomic E-state index is 12.7. The number of carbonyl (C=O) groups excluding carboxylic acids is 2. The first-order chi connectivity index (χ1) is 14.6. The van der Waals surface area contributed by atoms with Gasteiger partial charge in [0.2, 0.25) is 5.91 Å². The zero-order valence-electron chi connectivity index (χ0n) is 17.0. The van der Waals surface area contributed by atoms with Gasteiger partial charge in [-0.05, 0) is 23.6 Å². The zero-order valence-corrected chi connectivity index (χ0v) is 17.0. The van der Waals surface area contributed by atoms with Gasteiger partial charge in [-0.1, -0.05) is 91.0 Å². The van der Waals surface area contributed by atoms with Crippen molar-refractivity contribution in [2.45, 2.75) is 32.0 Å². The van der Waals surface area contributed by atoms with Crippen molar-refractivity contribution in [3.05, 3.63) is 108 Å². The Kier molecular flexibility index (Phi) is 7.61. The van der Waals surface area contributed by atoms with E-state index in [0.717, 1.165) is 16.7 Å². The van der Waals surface area contributed by atoms with Gasteiger partial charge < -0.3 is 15.4 Å². The van der Waals surface area contributed by atoms with E-state index in [9.17, 15) is 9.59 Å². The van der Waals surface area contributed by atoms with Gasteiger partial charge >= 0.3 is 6.09 Å². The predicted octanol–water partition coefficient (Wildman–Crippen LogP) is 4.92. The van der Waals surface area contributed by atoms with Gasteiger partial charge in [-0.3, -0.25) is 4.79 Å². The molecule has 3 aromatic rings. The van der Waals surface area contributed by atoms with Gasteiger partial charge in [0.15, 0.2) is 0 Å². The number of carbonyl (C=O) groups is 2. The Morgan fingerprint density at radius 3 is 1.90 bits per heavy atom. The van der Waals surface area contributed by atoms with Crippen LogP contribution in [0.3, 0.4) is 0 Å². The minimum Gasteiger partial charge on any atom is -0.445 e. The van der Waals surface area contributed by atoms with Crippen LogP contribution >= 0.6 is 0 Å². The predicted molar refractivity (Wildman–Crippen MR) is 117 cm³/mol. The maximum atomic E-state index is 12.7. The average Bonchev–Trinajstić information content (AvgIpc) is 2.79. The first kappa shape index (κ1) is 21.1. The van der Waals surface area contributed by atoms with Gasteiger partial charge in [-0.15, -0.1) is 0 Å². The molecular formula is C25H26N2O3. The molecule has 0 aliphatic carbocycles. The lowest BCUT2D eigenvalue weighted by molar-refractivity contribution is -0.122. The number of hydrogen-bond donors (Lipinski definition) is 2. The number of hydrogen-bond acceptors (Lipinski definition) is 3. The fourth-order valence-electron chi connectivity index (χ4n) is 3.16. The number of amides is 2. The third-order valence-corrected chi connectivity index (χ3v) is 4.77. The van der Waals surface area contributed by atoms with E-state index < -0.39 is 12.1 Å². The van der Waals surface area contributed by atoms with E-state index >= 15 is 0 Å². The smallest absolute Gasteiger partial charge is 0.407 e. The summed E-state index contributed by atoms with van der Waals surface area (Å²) in [5, 5.41) is 5.82. The second-order valence-corrected chi connectivity index (χ2v) is 7.07. The van der Waals surface area contributed by atoms with E-state index in [-0.39, 0.29) is 25.0 Å². The maximum Gasteiger partial charge on any atom is 0.407 e. The standard InChI is InChI=1S/C25H26N2O3/c1-19(21-13-7-3-8-14-21)26-24(28)17-23(22-15-9-4-10-16-22)27-25(29)30-18-20-11-5-2-6-12-20/h2-16,19,23H,17-18H2,1H3,(H,26,28)(H,27,29)/t19-,23?/m0/s1. The highest BCUT2D eigenvalue weighted by Crippen LogP contribution is 2.18. The minimum atomic E-state index is -0.559. The molecule has 5 heteroatoms. The van der Waals surface area contributed by atoms with Crippen molar-refractivity contribution in [3.63, 3.8) is 0 Å². The molecule has 0 spiro atoms. The van der Waals surface area contributed by atoms with Crippen molar-refractivity contribution >= 4 is 12.0 Å². The molecule has 3 rings (SSSR count). The van der Waals surface area contributed by atoms with Crippen LogP contribution in [0, 0.1) is 0 Å². The number of rotatable bonds is 8. The summed E-state index contributed by atoms with van der Waals surface area (Å²) in [7, 11) is 0. The normalized spacial score (nSPS) is 12.4. The molecule has 154 valence electrons. The molecule has 0 bridgehead atoms. The average molecular weight is 402 g/mol. The van der Waals surface area contributed by atoms with Crippen molar-refractivity contribution in [2.75, 3.05) is 0 Å². The summed E-state index contributed by atoms with van der Waals surface area (Å²) < 4.78 is 5.33. The molecule has 0 aromatic heterocycles. The molecule has 0 aliphatic heterocycles. The van der Waals surface area contributed by atoms with E-state index in [1.165, 1.54) is 0 Å². The van der Waals surface area contributed by atoms with E-state index in [2.05, 4.69) is 10.6 Å². The summed E-state index contributed by atoms with van der Waals surface area (Å²) in [5.74, 6) is -0.149. The lowest BCUT2D eigenvalue weighted by Crippen LogP contribution is -2.35. The van der Waals surface area contributed by atoms with Gasteiger partial charge in [-0.2, -0.15) is 0 Å². The van der Waals surface area contributed by atoms with Crippen LogP contribution in [0.25, 0.3) is 0 Å². The van der Waals surface area contributed by atoms with Crippen molar-refractivity contribution < 1.29 is 14.3 Å². The highest BCUT2D eigenvalue weighted by molar-refractivity contribution is 5.78. The fraction of sp³-hybridized carbons (Fsp3) is 0.200. The highest BCUT2D eigenvalue weighted by Gasteiger charge is 2.20. The second kappa shape index (κ2) is 10.8. The van der Waals surface area contributed by atoms with Gasteiger partial charge in [-0.25, -0.2) is 4.79 Å². The monoisotopic (exact) mass is 402 g/mol. The molecule has 5 nitrogen and oxygen atoms in total. The van der Waals surface area contributed by atoms with Gasteiger partial charge in [0.05, 0.1) is 18.5 Å². The summed E-state index contributed by atoms with van der Waals surface area (Å²) >= 11 is 0. The molecule has 0 saturated heterocycles. The topological polar surface area (TPSA) is 67.4 Å². The van der Waals surface area contributed by atoms with E-state index in [1.807, 2.05) is 97.9 Å². The first-order valence-electron chi connectivity index (χ1n) is 9.98. The quantitative estimate of drug-likeness (QED) is 0.562. The lowest BCUT2D eigenvalue weighted by atomic mass is 10.0. The summed E-state index contributed by atoms with van der Waals surface area (Å²) in [6.07, 6.45) is -0.446. The first-order valence-corrected chi connectivity index (χ1v) is 9.98. The van der Waals surface area contributed by atoms with Gasteiger partial charge in [0, 0.05) is 0 Å². The van der Waals surface area contributed by atoms with Gasteiger partial charge in [0.25, 0.3) is 0 Å². The minimum absolute atomic E-state index is 0.113. The van der Waals surface area contributed by atoms with Gasteiger partial charge in [0.1, 0.15) is 6.61 Å². The Morgan fingerprint density at radius 1 is 0.767 bits per heavy atom. The number of benzene rings is 3. The Labute approximate surface area is 177 Å². The molecule has 2 N–H and O–H groups in total. The van der Waals surface area contributed by atoms with Crippen LogP contribution in [0.2, 0.25) is 0 Å². The van der Waals surface area contributed by atoms with E-state index in [4.69, 9.17) is 4.74 Å². The van der Waals surface area contributed by atoms with Crippen LogP contribution in [0.5, 0.6) is 0 Å². The largest absolute Gasteiger partial charge is 0.445 e. The second-order valence-electron chi connectivity index (χ2n) is 7.07. The fourth-order valence-corrected chi connectivity index (χ4v) is 3.16. The molecule has 2 atom stereocenters. The van der Waals surface area contributed by atoms with Crippen LogP contribution in [0.1, 0.15) is 42.1 Å². The molecule has 0 radical (unpaired) electrons. The summed E-state index contributed by atoms with van der Waals surface area (Å²) in [6, 6.07) is 28.0. The molecule has 3 aromatic carbocycles. The number of nitrogens with one attached hydrogen (secondary N) is 2. The Morgan fingerprint density at radius 2 is 1.30 bits per heavy atom. The van der Waals surface area contributed by atoms with Crippen molar-refractivity contribution in [2.24, 2.45) is 0 Å². The summed E-state index contributed by atoms with van der Waals surface area (Å²) in [5.41, 5.74) is 2.77. The third kappa shape index (κ3) is 6.48. The van der Waals surface area contributed by atoms with Crippen molar-refractivity contribution in [3.8, 4) is 0 Å². The van der Waals surface area contributed by atoms with Crippen LogP contribution in [0.4, 0.5) is 4.79 Å². The molecular weight excluding hydrogens is 376 g/mol. The molecule has 0 fully saturated rings. The van der Waals surface area contributed by atoms with Crippen LogP contribution in [0.15, 0.2) is 91.0 Å².